The first-order chi connectivity index (χ1) is 9.84. The molecule has 6 nitrogen and oxygen atoms in total. The van der Waals surface area contributed by atoms with E-state index in [1.54, 1.807) is 6.07 Å². The van der Waals surface area contributed by atoms with Crippen molar-refractivity contribution >= 4 is 21.5 Å². The first kappa shape index (κ1) is 15.3. The van der Waals surface area contributed by atoms with Crippen LogP contribution >= 0.6 is 0 Å². The van der Waals surface area contributed by atoms with Gasteiger partial charge in [-0.05, 0) is 24.6 Å². The quantitative estimate of drug-likeness (QED) is 0.879. The Labute approximate surface area is 122 Å². The molecule has 2 aromatic rings. The van der Waals surface area contributed by atoms with Gasteiger partial charge in [0.25, 0.3) is 0 Å². The van der Waals surface area contributed by atoms with E-state index < -0.39 is 15.7 Å². The summed E-state index contributed by atoms with van der Waals surface area (Å²) in [5.41, 5.74) is 6.27. The molecule has 0 unspecified atom stereocenters. The monoisotopic (exact) mass is 312 g/mol. The van der Waals surface area contributed by atoms with Crippen molar-refractivity contribution in [3.05, 3.63) is 30.1 Å². The van der Waals surface area contributed by atoms with Crippen LogP contribution in [0.25, 0.3) is 5.69 Å². The van der Waals surface area contributed by atoms with Gasteiger partial charge in [-0.1, -0.05) is 13.0 Å². The van der Waals surface area contributed by atoms with E-state index in [2.05, 4.69) is 10.4 Å². The maximum Gasteiger partial charge on any atom is 0.182 e. The van der Waals surface area contributed by atoms with Crippen molar-refractivity contribution in [3.63, 3.8) is 0 Å². The molecule has 2 rings (SSSR count). The second-order valence-corrected chi connectivity index (χ2v) is 6.61. The van der Waals surface area contributed by atoms with E-state index in [0.717, 1.165) is 12.7 Å². The fourth-order valence-corrected chi connectivity index (χ4v) is 2.88. The Morgan fingerprint density at radius 3 is 2.71 bits per heavy atom. The van der Waals surface area contributed by atoms with E-state index >= 15 is 0 Å². The normalized spacial score (nSPS) is 11.6. The largest absolute Gasteiger partial charge is 0.382 e. The number of nitrogens with zero attached hydrogens (tertiary/aromatic N) is 2. The van der Waals surface area contributed by atoms with E-state index in [0.29, 0.717) is 12.2 Å². The van der Waals surface area contributed by atoms with Crippen LogP contribution in [0.2, 0.25) is 0 Å². The number of nitrogen functional groups attached to an aromatic ring is 1. The number of aromatic nitrogens is 2. The highest BCUT2D eigenvalue weighted by Gasteiger charge is 2.24. The van der Waals surface area contributed by atoms with Gasteiger partial charge in [0.2, 0.25) is 0 Å². The van der Waals surface area contributed by atoms with Crippen molar-refractivity contribution in [2.75, 3.05) is 23.9 Å². The molecule has 114 valence electrons. The number of nitrogens with two attached hydrogens (primary N) is 1. The number of rotatable bonds is 5. The zero-order valence-electron chi connectivity index (χ0n) is 11.8. The molecule has 8 heteroatoms. The maximum absolute atomic E-state index is 13.3. The lowest BCUT2D eigenvalue weighted by Crippen LogP contribution is -2.07. The van der Waals surface area contributed by atoms with Crippen molar-refractivity contribution in [1.82, 2.24) is 9.78 Å². The van der Waals surface area contributed by atoms with E-state index in [9.17, 15) is 12.8 Å². The number of hydrogen-bond donors (Lipinski definition) is 2. The lowest BCUT2D eigenvalue weighted by molar-refractivity contribution is 0.602. The molecule has 0 aliphatic rings. The van der Waals surface area contributed by atoms with Crippen molar-refractivity contribution in [2.45, 2.75) is 18.2 Å². The van der Waals surface area contributed by atoms with Gasteiger partial charge in [0, 0.05) is 12.8 Å². The van der Waals surface area contributed by atoms with Gasteiger partial charge in [-0.2, -0.15) is 0 Å². The standard InChI is InChI=1S/C13H17FN4O2S/c1-3-7-16-13-11(21(2,19)20)12(15)18(17-13)10-6-4-5-9(14)8-10/h4-6,8H,3,7,15H2,1-2H3,(H,16,17). The Morgan fingerprint density at radius 2 is 2.14 bits per heavy atom. The molecule has 1 heterocycles. The molecule has 1 aromatic carbocycles. The number of hydrogen-bond acceptors (Lipinski definition) is 5. The first-order valence-electron chi connectivity index (χ1n) is 6.43. The Bertz CT molecular complexity index is 756. The average molecular weight is 312 g/mol. The molecular formula is C13H17FN4O2S. The molecule has 0 saturated carbocycles. The number of anilines is 2. The fraction of sp³-hybridized carbons (Fsp3) is 0.308. The van der Waals surface area contributed by atoms with Crippen LogP contribution in [0.4, 0.5) is 16.0 Å². The zero-order valence-corrected chi connectivity index (χ0v) is 12.6. The van der Waals surface area contributed by atoms with Crippen molar-refractivity contribution < 1.29 is 12.8 Å². The number of sulfone groups is 1. The molecule has 0 bridgehead atoms. The number of benzene rings is 1. The highest BCUT2D eigenvalue weighted by molar-refractivity contribution is 7.91. The molecule has 0 radical (unpaired) electrons. The summed E-state index contributed by atoms with van der Waals surface area (Å²) in [5.74, 6) is -0.311. The highest BCUT2D eigenvalue weighted by Crippen LogP contribution is 2.29. The molecule has 1 aromatic heterocycles. The van der Waals surface area contributed by atoms with Crippen LogP contribution in [0.5, 0.6) is 0 Å². The minimum atomic E-state index is -3.56. The van der Waals surface area contributed by atoms with Gasteiger partial charge >= 0.3 is 0 Å². The summed E-state index contributed by atoms with van der Waals surface area (Å²) in [6.07, 6.45) is 1.86. The van der Waals surface area contributed by atoms with E-state index in [1.165, 1.54) is 22.9 Å². The van der Waals surface area contributed by atoms with Crippen LogP contribution in [-0.2, 0) is 9.84 Å². The molecule has 0 aliphatic heterocycles. The molecule has 3 N–H and O–H groups in total. The molecule has 0 amide bonds. The second-order valence-electron chi connectivity index (χ2n) is 4.65. The van der Waals surface area contributed by atoms with Gasteiger partial charge in [0.15, 0.2) is 20.6 Å². The SMILES string of the molecule is CCCNc1nn(-c2cccc(F)c2)c(N)c1S(C)(=O)=O. The second kappa shape index (κ2) is 5.72. The third-order valence-corrected chi connectivity index (χ3v) is 3.99. The molecule has 0 saturated heterocycles. The molecule has 0 aliphatic carbocycles. The fourth-order valence-electron chi connectivity index (χ4n) is 1.95. The number of nitrogens with one attached hydrogen (secondary N) is 1. The maximum atomic E-state index is 13.3. The molecule has 0 atom stereocenters. The summed E-state index contributed by atoms with van der Waals surface area (Å²) in [4.78, 5) is -0.0692. The molecule has 0 spiro atoms. The van der Waals surface area contributed by atoms with Crippen molar-refractivity contribution in [2.24, 2.45) is 0 Å². The Hall–Kier alpha value is -2.09. The lowest BCUT2D eigenvalue weighted by Gasteiger charge is -2.04. The summed E-state index contributed by atoms with van der Waals surface area (Å²) in [7, 11) is -3.56. The van der Waals surface area contributed by atoms with Gasteiger partial charge in [0.1, 0.15) is 11.6 Å². The minimum Gasteiger partial charge on any atom is -0.382 e. The molecule has 21 heavy (non-hydrogen) atoms. The predicted octanol–water partition coefficient (Wildman–Crippen LogP) is 1.82. The average Bonchev–Trinajstić information content (AvgIpc) is 2.73. The lowest BCUT2D eigenvalue weighted by atomic mass is 10.3. The predicted molar refractivity (Wildman–Crippen MR) is 79.8 cm³/mol. The first-order valence-corrected chi connectivity index (χ1v) is 8.32. The Balaban J connectivity index is 2.61. The van der Waals surface area contributed by atoms with Crippen LogP contribution in [-0.4, -0.2) is 31.0 Å². The van der Waals surface area contributed by atoms with Crippen LogP contribution in [0.3, 0.4) is 0 Å². The Kier molecular flexibility index (Phi) is 4.17. The molecule has 0 fully saturated rings. The molecular weight excluding hydrogens is 295 g/mol. The number of halogens is 1. The third kappa shape index (κ3) is 3.15. The summed E-state index contributed by atoms with van der Waals surface area (Å²) in [6, 6.07) is 5.63. The van der Waals surface area contributed by atoms with Crippen molar-refractivity contribution in [1.29, 1.82) is 0 Å². The third-order valence-electron chi connectivity index (χ3n) is 2.84. The summed E-state index contributed by atoms with van der Waals surface area (Å²) < 4.78 is 38.3. The van der Waals surface area contributed by atoms with E-state index in [-0.39, 0.29) is 16.5 Å². The summed E-state index contributed by atoms with van der Waals surface area (Å²) >= 11 is 0. The smallest absolute Gasteiger partial charge is 0.182 e. The summed E-state index contributed by atoms with van der Waals surface area (Å²) in [5, 5.41) is 7.09. The zero-order chi connectivity index (χ0) is 15.6. The summed E-state index contributed by atoms with van der Waals surface area (Å²) in [6.45, 7) is 2.50. The van der Waals surface area contributed by atoms with Crippen LogP contribution < -0.4 is 11.1 Å². The van der Waals surface area contributed by atoms with E-state index in [1.807, 2.05) is 6.92 Å². The Morgan fingerprint density at radius 1 is 1.43 bits per heavy atom. The highest BCUT2D eigenvalue weighted by atomic mass is 32.2. The van der Waals surface area contributed by atoms with Crippen LogP contribution in [0.1, 0.15) is 13.3 Å². The van der Waals surface area contributed by atoms with Gasteiger partial charge in [-0.3, -0.25) is 0 Å². The minimum absolute atomic E-state index is 0.0401. The van der Waals surface area contributed by atoms with Crippen LogP contribution in [0.15, 0.2) is 29.2 Å². The topological polar surface area (TPSA) is 90.0 Å². The van der Waals surface area contributed by atoms with E-state index in [4.69, 9.17) is 5.73 Å². The van der Waals surface area contributed by atoms with Crippen LogP contribution in [0, 0.1) is 5.82 Å². The van der Waals surface area contributed by atoms with Crippen molar-refractivity contribution in [3.8, 4) is 5.69 Å². The van der Waals surface area contributed by atoms with Gasteiger partial charge in [-0.15, -0.1) is 5.10 Å². The van der Waals surface area contributed by atoms with Gasteiger partial charge < -0.3 is 11.1 Å². The van der Waals surface area contributed by atoms with Gasteiger partial charge in [-0.25, -0.2) is 17.5 Å². The van der Waals surface area contributed by atoms with Gasteiger partial charge in [0.05, 0.1) is 5.69 Å².